The smallest absolute Gasteiger partial charge is 0.254 e. The number of carbonyl (C=O) groups excluding carboxylic acids is 2. The SMILES string of the molecule is CC(=O)c1cc(C(=O)N2C[C@@H](CN3CCCN(C)CC3)[C@@H](CO)C2)cs1. The first-order valence-electron chi connectivity index (χ1n) is 9.38. The van der Waals surface area contributed by atoms with Gasteiger partial charge in [-0.25, -0.2) is 0 Å². The fourth-order valence-corrected chi connectivity index (χ4v) is 4.73. The van der Waals surface area contributed by atoms with Crippen LogP contribution in [0.5, 0.6) is 0 Å². The van der Waals surface area contributed by atoms with E-state index in [0.717, 1.165) is 32.7 Å². The van der Waals surface area contributed by atoms with Crippen molar-refractivity contribution in [3.63, 3.8) is 0 Å². The van der Waals surface area contributed by atoms with Crippen molar-refractivity contribution in [3.05, 3.63) is 21.9 Å². The minimum absolute atomic E-state index is 0.00675. The summed E-state index contributed by atoms with van der Waals surface area (Å²) in [6, 6.07) is 1.70. The summed E-state index contributed by atoms with van der Waals surface area (Å²) >= 11 is 1.32. The Morgan fingerprint density at radius 3 is 2.65 bits per heavy atom. The molecule has 2 fully saturated rings. The lowest BCUT2D eigenvalue weighted by Crippen LogP contribution is -2.36. The normalized spacial score (nSPS) is 25.4. The Kier molecular flexibility index (Phi) is 6.45. The molecule has 0 radical (unpaired) electrons. The number of thiophene rings is 1. The van der Waals surface area contributed by atoms with Crippen molar-refractivity contribution >= 4 is 23.0 Å². The summed E-state index contributed by atoms with van der Waals surface area (Å²) in [6.07, 6.45) is 1.17. The molecule has 0 saturated carbocycles. The molecular weight excluding hydrogens is 350 g/mol. The third-order valence-electron chi connectivity index (χ3n) is 5.60. The highest BCUT2D eigenvalue weighted by molar-refractivity contribution is 7.12. The van der Waals surface area contributed by atoms with Gasteiger partial charge >= 0.3 is 0 Å². The number of ketones is 1. The van der Waals surface area contributed by atoms with Gasteiger partial charge in [0, 0.05) is 50.6 Å². The summed E-state index contributed by atoms with van der Waals surface area (Å²) in [5.41, 5.74) is 0.592. The van der Waals surface area contributed by atoms with Gasteiger partial charge < -0.3 is 19.8 Å². The van der Waals surface area contributed by atoms with Gasteiger partial charge in [-0.1, -0.05) is 0 Å². The van der Waals surface area contributed by atoms with Crippen LogP contribution in [0.2, 0.25) is 0 Å². The van der Waals surface area contributed by atoms with E-state index in [9.17, 15) is 14.7 Å². The van der Waals surface area contributed by atoms with E-state index in [2.05, 4.69) is 16.8 Å². The second-order valence-corrected chi connectivity index (χ2v) is 8.54. The zero-order chi connectivity index (χ0) is 18.7. The predicted octanol–water partition coefficient (Wildman–Crippen LogP) is 1.27. The minimum atomic E-state index is -0.0229. The molecule has 0 aromatic carbocycles. The van der Waals surface area contributed by atoms with Gasteiger partial charge in [0.05, 0.1) is 10.4 Å². The van der Waals surface area contributed by atoms with Crippen LogP contribution >= 0.6 is 11.3 Å². The second kappa shape index (κ2) is 8.61. The van der Waals surface area contributed by atoms with E-state index < -0.39 is 0 Å². The molecule has 0 spiro atoms. The van der Waals surface area contributed by atoms with E-state index in [0.29, 0.717) is 29.4 Å². The average Bonchev–Trinajstić information content (AvgIpc) is 3.21. The Hall–Kier alpha value is -1.28. The Bertz CT molecular complexity index is 648. The van der Waals surface area contributed by atoms with Crippen molar-refractivity contribution in [2.75, 3.05) is 59.5 Å². The fourth-order valence-electron chi connectivity index (χ4n) is 3.95. The molecule has 2 saturated heterocycles. The number of rotatable bonds is 5. The molecule has 6 nitrogen and oxygen atoms in total. The maximum atomic E-state index is 12.8. The van der Waals surface area contributed by atoms with Crippen molar-refractivity contribution < 1.29 is 14.7 Å². The summed E-state index contributed by atoms with van der Waals surface area (Å²) in [4.78, 5) is 31.6. The maximum Gasteiger partial charge on any atom is 0.254 e. The van der Waals surface area contributed by atoms with E-state index in [1.54, 1.807) is 11.4 Å². The monoisotopic (exact) mass is 379 g/mol. The first-order chi connectivity index (χ1) is 12.5. The Labute approximate surface area is 159 Å². The van der Waals surface area contributed by atoms with Gasteiger partial charge in [-0.15, -0.1) is 11.3 Å². The second-order valence-electron chi connectivity index (χ2n) is 7.63. The molecule has 0 bridgehead atoms. The van der Waals surface area contributed by atoms with Crippen LogP contribution in [0, 0.1) is 11.8 Å². The number of likely N-dealkylation sites (tertiary alicyclic amines) is 1. The van der Waals surface area contributed by atoms with Crippen LogP contribution in [0.25, 0.3) is 0 Å². The van der Waals surface area contributed by atoms with Gasteiger partial charge in [-0.3, -0.25) is 9.59 Å². The van der Waals surface area contributed by atoms with Gasteiger partial charge in [-0.2, -0.15) is 0 Å². The van der Waals surface area contributed by atoms with Crippen molar-refractivity contribution in [2.45, 2.75) is 13.3 Å². The van der Waals surface area contributed by atoms with Crippen molar-refractivity contribution in [1.29, 1.82) is 0 Å². The first-order valence-corrected chi connectivity index (χ1v) is 10.3. The lowest BCUT2D eigenvalue weighted by atomic mass is 9.96. The molecule has 1 aromatic rings. The Morgan fingerprint density at radius 2 is 1.96 bits per heavy atom. The zero-order valence-corrected chi connectivity index (χ0v) is 16.5. The van der Waals surface area contributed by atoms with Crippen LogP contribution < -0.4 is 0 Å². The van der Waals surface area contributed by atoms with E-state index in [-0.39, 0.29) is 24.2 Å². The van der Waals surface area contributed by atoms with Crippen molar-refractivity contribution in [2.24, 2.45) is 11.8 Å². The summed E-state index contributed by atoms with van der Waals surface area (Å²) in [7, 11) is 2.16. The predicted molar refractivity (Wildman–Crippen MR) is 103 cm³/mol. The average molecular weight is 380 g/mol. The topological polar surface area (TPSA) is 64.1 Å². The third kappa shape index (κ3) is 4.52. The molecule has 26 heavy (non-hydrogen) atoms. The molecular formula is C19H29N3O3S. The zero-order valence-electron chi connectivity index (χ0n) is 15.7. The molecule has 0 aliphatic carbocycles. The number of amides is 1. The summed E-state index contributed by atoms with van der Waals surface area (Å²) in [5, 5.41) is 11.6. The van der Waals surface area contributed by atoms with E-state index >= 15 is 0 Å². The number of likely N-dealkylation sites (N-methyl/N-ethyl adjacent to an activating group) is 1. The lowest BCUT2D eigenvalue weighted by Gasteiger charge is -2.26. The standard InChI is InChI=1S/C19H29N3O3S/c1-14(24)18-8-15(13-26-18)19(25)22-10-16(17(11-22)12-23)9-21-5-3-4-20(2)6-7-21/h8,13,16-17,23H,3-7,9-12H2,1-2H3/t16-,17-/m1/s1. The van der Waals surface area contributed by atoms with E-state index in [4.69, 9.17) is 0 Å². The highest BCUT2D eigenvalue weighted by Crippen LogP contribution is 2.27. The number of hydrogen-bond acceptors (Lipinski definition) is 6. The number of aliphatic hydroxyl groups excluding tert-OH is 1. The molecule has 144 valence electrons. The third-order valence-corrected chi connectivity index (χ3v) is 6.63. The maximum absolute atomic E-state index is 12.8. The van der Waals surface area contributed by atoms with Crippen LogP contribution in [-0.4, -0.2) is 91.0 Å². The van der Waals surface area contributed by atoms with Crippen LogP contribution in [-0.2, 0) is 0 Å². The van der Waals surface area contributed by atoms with Crippen LogP contribution in [0.3, 0.4) is 0 Å². The van der Waals surface area contributed by atoms with Gasteiger partial charge in [0.15, 0.2) is 5.78 Å². The fraction of sp³-hybridized carbons (Fsp3) is 0.684. The van der Waals surface area contributed by atoms with Gasteiger partial charge in [0.2, 0.25) is 0 Å². The summed E-state index contributed by atoms with van der Waals surface area (Å²) < 4.78 is 0. The Balaban J connectivity index is 1.62. The largest absolute Gasteiger partial charge is 0.396 e. The van der Waals surface area contributed by atoms with Crippen molar-refractivity contribution in [3.8, 4) is 0 Å². The van der Waals surface area contributed by atoms with Crippen LogP contribution in [0.15, 0.2) is 11.4 Å². The molecule has 2 aliphatic heterocycles. The van der Waals surface area contributed by atoms with Crippen LogP contribution in [0.4, 0.5) is 0 Å². The molecule has 0 unspecified atom stereocenters. The number of carbonyl (C=O) groups is 2. The number of nitrogens with zero attached hydrogens (tertiary/aromatic N) is 3. The molecule has 3 heterocycles. The first kappa shape index (κ1) is 19.5. The van der Waals surface area contributed by atoms with Crippen molar-refractivity contribution in [1.82, 2.24) is 14.7 Å². The van der Waals surface area contributed by atoms with Gasteiger partial charge in [-0.05, 0) is 45.5 Å². The molecule has 1 aromatic heterocycles. The highest BCUT2D eigenvalue weighted by atomic mass is 32.1. The molecule has 3 rings (SSSR count). The quantitative estimate of drug-likeness (QED) is 0.781. The number of aliphatic hydroxyl groups is 1. The van der Waals surface area contributed by atoms with E-state index in [1.165, 1.54) is 24.7 Å². The number of Topliss-reactive ketones (excluding diaryl/α,β-unsaturated/α-hetero) is 1. The molecule has 7 heteroatoms. The molecule has 1 N–H and O–H groups in total. The van der Waals surface area contributed by atoms with Crippen LogP contribution in [0.1, 0.15) is 33.4 Å². The van der Waals surface area contributed by atoms with Gasteiger partial charge in [0.25, 0.3) is 5.91 Å². The molecule has 1 amide bonds. The molecule has 2 atom stereocenters. The highest BCUT2D eigenvalue weighted by Gasteiger charge is 2.36. The minimum Gasteiger partial charge on any atom is -0.396 e. The van der Waals surface area contributed by atoms with E-state index in [1.807, 2.05) is 4.90 Å². The summed E-state index contributed by atoms with van der Waals surface area (Å²) in [6.45, 7) is 8.18. The lowest BCUT2D eigenvalue weighted by molar-refractivity contribution is 0.0779. The number of hydrogen-bond donors (Lipinski definition) is 1. The molecule has 2 aliphatic rings. The Morgan fingerprint density at radius 1 is 1.19 bits per heavy atom. The summed E-state index contributed by atoms with van der Waals surface area (Å²) in [5.74, 6) is 0.405. The van der Waals surface area contributed by atoms with Gasteiger partial charge in [0.1, 0.15) is 0 Å².